The molecule has 3 rings (SSSR count). The molecule has 1 saturated heterocycles. The maximum Gasteiger partial charge on any atom is 0.179 e. The molecule has 1 N–H and O–H groups in total. The van der Waals surface area contributed by atoms with Crippen LogP contribution in [0.3, 0.4) is 0 Å². The van der Waals surface area contributed by atoms with Crippen molar-refractivity contribution < 1.29 is 13.7 Å². The maximum atomic E-state index is 9.47. The maximum absolute atomic E-state index is 9.47. The molecule has 3 nitrogen and oxygen atoms in total. The molecule has 0 aliphatic carbocycles. The van der Waals surface area contributed by atoms with Gasteiger partial charge in [-0.05, 0) is 68.1 Å². The average Bonchev–Trinajstić information content (AvgIpc) is 3.34. The van der Waals surface area contributed by atoms with Crippen molar-refractivity contribution in [1.82, 2.24) is 0 Å². The van der Waals surface area contributed by atoms with Gasteiger partial charge in [-0.2, -0.15) is 0 Å². The van der Waals surface area contributed by atoms with Crippen LogP contribution in [0.25, 0.3) is 0 Å². The van der Waals surface area contributed by atoms with E-state index in [4.69, 9.17) is 8.57 Å². The molecule has 1 heterocycles. The summed E-state index contributed by atoms with van der Waals surface area (Å²) in [4.78, 5) is 0. The van der Waals surface area contributed by atoms with Gasteiger partial charge >= 0.3 is 0 Å². The number of epoxide rings is 1. The van der Waals surface area contributed by atoms with Gasteiger partial charge in [-0.1, -0.05) is 41.9 Å². The molecule has 0 spiro atoms. The molecule has 1 fully saturated rings. The lowest BCUT2D eigenvalue weighted by molar-refractivity contribution is 0.423. The Bertz CT molecular complexity index is 741. The Labute approximate surface area is 181 Å². The first kappa shape index (κ1) is 21.2. The highest BCUT2D eigenvalue weighted by molar-refractivity contribution is 9.13. The van der Waals surface area contributed by atoms with Crippen LogP contribution >= 0.6 is 64.0 Å². The molecule has 2 aromatic carbocycles. The minimum absolute atomic E-state index is 0.261. The highest BCUT2D eigenvalue weighted by Gasteiger charge is 2.30. The van der Waals surface area contributed by atoms with E-state index in [1.807, 2.05) is 18.2 Å². The third-order valence-corrected chi connectivity index (χ3v) is 7.01. The first-order chi connectivity index (χ1) is 11.7. The summed E-state index contributed by atoms with van der Waals surface area (Å²) in [6.45, 7) is 7.30. The summed E-state index contributed by atoms with van der Waals surface area (Å²) >= 11 is 13.8. The number of benzene rings is 2. The van der Waals surface area contributed by atoms with E-state index in [9.17, 15) is 5.11 Å². The fourth-order valence-corrected chi connectivity index (χ4v) is 5.26. The van der Waals surface area contributed by atoms with Crippen molar-refractivity contribution in [2.45, 2.75) is 32.3 Å². The van der Waals surface area contributed by atoms with E-state index in [2.05, 4.69) is 84.8 Å². The molecule has 136 valence electrons. The monoisotopic (exact) mass is 598 g/mol. The van der Waals surface area contributed by atoms with Crippen LogP contribution in [0, 0.1) is 0 Å². The first-order valence-corrected chi connectivity index (χ1v) is 10.6. The Hall–Kier alpha value is -0.0800. The van der Waals surface area contributed by atoms with Gasteiger partial charge in [-0.15, -0.1) is 0 Å². The van der Waals surface area contributed by atoms with E-state index < -0.39 is 0 Å². The number of phenols is 1. The zero-order valence-electron chi connectivity index (χ0n) is 13.9. The smallest absolute Gasteiger partial charge is 0.179 e. The summed E-state index contributed by atoms with van der Waals surface area (Å²) in [5, 5.41) is 9.47. The van der Waals surface area contributed by atoms with E-state index in [1.54, 1.807) is 12.1 Å². The zero-order valence-corrected chi connectivity index (χ0v) is 20.3. The van der Waals surface area contributed by atoms with Crippen molar-refractivity contribution in [3.05, 3.63) is 54.9 Å². The lowest BCUT2D eigenvalue weighted by Gasteiger charge is -2.29. The largest absolute Gasteiger partial charge is 0.508 e. The van der Waals surface area contributed by atoms with Gasteiger partial charge < -0.3 is 13.7 Å². The number of halogens is 4. The van der Waals surface area contributed by atoms with Crippen LogP contribution in [0.4, 0.5) is 0 Å². The highest BCUT2D eigenvalue weighted by atomic mass is 79.9. The van der Waals surface area contributed by atoms with Crippen LogP contribution < -0.4 is 3.83 Å². The molecule has 0 amide bonds. The van der Waals surface area contributed by atoms with Gasteiger partial charge in [0.25, 0.3) is 0 Å². The topological polar surface area (TPSA) is 42.0 Å². The summed E-state index contributed by atoms with van der Waals surface area (Å²) in [6.07, 6.45) is 0.583. The fraction of sp³-hybridized carbons (Fsp3) is 0.333. The number of phenolic OH excluding ortho intramolecular Hbond substituents is 1. The summed E-state index contributed by atoms with van der Waals surface area (Å²) in [5.74, 6) is 0.941. The van der Waals surface area contributed by atoms with E-state index >= 15 is 0 Å². The molecule has 1 aliphatic rings. The molecule has 7 heteroatoms. The Morgan fingerprint density at radius 3 is 2.08 bits per heavy atom. The van der Waals surface area contributed by atoms with Gasteiger partial charge in [-0.25, -0.2) is 0 Å². The summed E-state index contributed by atoms with van der Waals surface area (Å²) in [5.41, 5.74) is 1.92. The minimum atomic E-state index is -0.265. The Morgan fingerprint density at radius 1 is 1.12 bits per heavy atom. The van der Waals surface area contributed by atoms with Crippen molar-refractivity contribution in [2.75, 3.05) is 6.61 Å². The third kappa shape index (κ3) is 5.22. The Morgan fingerprint density at radius 2 is 1.64 bits per heavy atom. The fourth-order valence-electron chi connectivity index (χ4n) is 2.32. The molecule has 1 atom stereocenters. The predicted octanol–water partition coefficient (Wildman–Crippen LogP) is 7.10. The van der Waals surface area contributed by atoms with Crippen molar-refractivity contribution in [2.24, 2.45) is 0 Å². The van der Waals surface area contributed by atoms with Crippen molar-refractivity contribution >= 4 is 64.0 Å². The van der Waals surface area contributed by atoms with Crippen LogP contribution in [0.15, 0.2) is 43.7 Å². The molecule has 0 saturated carbocycles. The quantitative estimate of drug-likeness (QED) is 0.302. The summed E-state index contributed by atoms with van der Waals surface area (Å²) < 4.78 is 12.6. The number of hydrogen-bond acceptors (Lipinski definition) is 3. The lowest BCUT2D eigenvalue weighted by atomic mass is 9.78. The highest BCUT2D eigenvalue weighted by Crippen LogP contribution is 2.47. The first-order valence-electron chi connectivity index (χ1n) is 7.56. The third-order valence-electron chi connectivity index (χ3n) is 3.92. The Balaban J connectivity index is 0.000000493. The summed E-state index contributed by atoms with van der Waals surface area (Å²) in [6, 6.07) is 9.16. The van der Waals surface area contributed by atoms with Crippen LogP contribution in [0.1, 0.15) is 31.9 Å². The van der Waals surface area contributed by atoms with Crippen molar-refractivity contribution in [3.63, 3.8) is 0 Å². The standard InChI is InChI=1S/C15H12Br4O2.C3H6O/c1-15(2,8-3-5-9(20)6-4-8)12-10(16)7-11(21-19)13(17)14(12)18;1-3-2-4-3/h3-7,20H,1-2H3;3H,2H2,1H3. The number of aromatic hydroxyl groups is 1. The Kier molecular flexibility index (Phi) is 7.42. The molecular formula is C18H18Br4O3. The van der Waals surface area contributed by atoms with Crippen molar-refractivity contribution in [3.8, 4) is 11.5 Å². The van der Waals surface area contributed by atoms with Gasteiger partial charge in [0.15, 0.2) is 22.0 Å². The minimum Gasteiger partial charge on any atom is -0.508 e. The van der Waals surface area contributed by atoms with E-state index in [0.717, 1.165) is 31.2 Å². The van der Waals surface area contributed by atoms with Gasteiger partial charge in [0.1, 0.15) is 5.75 Å². The molecule has 2 aromatic rings. The molecule has 0 aromatic heterocycles. The second-order valence-electron chi connectivity index (χ2n) is 6.25. The molecular weight excluding hydrogens is 584 g/mol. The van der Waals surface area contributed by atoms with E-state index in [0.29, 0.717) is 11.9 Å². The van der Waals surface area contributed by atoms with Crippen LogP contribution in [-0.4, -0.2) is 17.8 Å². The van der Waals surface area contributed by atoms with Crippen LogP contribution in [-0.2, 0) is 10.2 Å². The number of ether oxygens (including phenoxy) is 1. The van der Waals surface area contributed by atoms with Gasteiger partial charge in [0.2, 0.25) is 0 Å². The van der Waals surface area contributed by atoms with Crippen molar-refractivity contribution in [1.29, 1.82) is 0 Å². The second-order valence-corrected chi connectivity index (χ2v) is 9.02. The molecule has 0 radical (unpaired) electrons. The molecule has 1 unspecified atom stereocenters. The van der Waals surface area contributed by atoms with Gasteiger partial charge in [0, 0.05) is 14.4 Å². The predicted molar refractivity (Wildman–Crippen MR) is 115 cm³/mol. The normalized spacial score (nSPS) is 16.0. The summed E-state index contributed by atoms with van der Waals surface area (Å²) in [7, 11) is 0. The number of hydrogen-bond donors (Lipinski definition) is 1. The average molecular weight is 602 g/mol. The van der Waals surface area contributed by atoms with Gasteiger partial charge in [0.05, 0.1) is 17.2 Å². The van der Waals surface area contributed by atoms with Gasteiger partial charge in [-0.3, -0.25) is 0 Å². The molecule has 25 heavy (non-hydrogen) atoms. The van der Waals surface area contributed by atoms with E-state index in [-0.39, 0.29) is 11.2 Å². The lowest BCUT2D eigenvalue weighted by Crippen LogP contribution is -2.20. The SMILES string of the molecule is CC(C)(c1ccc(O)cc1)c1c(Br)cc(OBr)c(Br)c1Br.CC1CO1. The van der Waals surface area contributed by atoms with E-state index in [1.165, 1.54) is 0 Å². The molecule has 0 bridgehead atoms. The van der Waals surface area contributed by atoms with Crippen LogP contribution in [0.2, 0.25) is 0 Å². The zero-order chi connectivity index (χ0) is 18.8. The van der Waals surface area contributed by atoms with Crippen LogP contribution in [0.5, 0.6) is 11.5 Å². The molecule has 1 aliphatic heterocycles. The second kappa shape index (κ2) is 8.74. The number of rotatable bonds is 3.